The number of ether oxygens (including phenoxy) is 2. The first-order valence-corrected chi connectivity index (χ1v) is 8.57. The Balaban J connectivity index is 1.73. The van der Waals surface area contributed by atoms with Crippen LogP contribution in [0, 0.1) is 0 Å². The number of aliphatic hydroxyl groups is 1. The zero-order valence-corrected chi connectivity index (χ0v) is 15.6. The van der Waals surface area contributed by atoms with Crippen molar-refractivity contribution in [1.29, 1.82) is 0 Å². The van der Waals surface area contributed by atoms with Gasteiger partial charge in [0, 0.05) is 12.6 Å². The first kappa shape index (κ1) is 22.2. The van der Waals surface area contributed by atoms with Gasteiger partial charge < -0.3 is 19.4 Å². The van der Waals surface area contributed by atoms with Crippen molar-refractivity contribution in [2.75, 3.05) is 13.7 Å². The van der Waals surface area contributed by atoms with E-state index in [1.807, 2.05) is 0 Å². The number of aliphatic hydroxyl groups excluding tert-OH is 1. The van der Waals surface area contributed by atoms with Gasteiger partial charge in [-0.3, -0.25) is 0 Å². The van der Waals surface area contributed by atoms with Crippen molar-refractivity contribution in [1.82, 2.24) is 0 Å². The van der Waals surface area contributed by atoms with Crippen molar-refractivity contribution < 1.29 is 37.4 Å². The second-order valence-electron chi connectivity index (χ2n) is 5.95. The van der Waals surface area contributed by atoms with Crippen molar-refractivity contribution in [3.8, 4) is 5.75 Å². The van der Waals surface area contributed by atoms with E-state index in [-0.39, 0.29) is 13.2 Å². The van der Waals surface area contributed by atoms with E-state index in [1.165, 1.54) is 25.5 Å². The number of methoxy groups -OCH3 is 1. The van der Waals surface area contributed by atoms with Crippen LogP contribution in [0.4, 0.5) is 13.2 Å². The minimum absolute atomic E-state index is 0.0595. The normalized spacial score (nSPS) is 12.6. The number of benzene rings is 2. The van der Waals surface area contributed by atoms with Gasteiger partial charge in [-0.15, -0.1) is 0 Å². The number of carbonyl (C=O) groups excluding carboxylic acids is 1. The highest BCUT2D eigenvalue weighted by atomic mass is 19.4. The maximum atomic E-state index is 12.5. The van der Waals surface area contributed by atoms with Crippen LogP contribution < -0.4 is 4.74 Å². The van der Waals surface area contributed by atoms with Crippen LogP contribution in [0.25, 0.3) is 0 Å². The molecule has 2 rings (SSSR count). The van der Waals surface area contributed by atoms with Crippen LogP contribution >= 0.6 is 0 Å². The third-order valence-electron chi connectivity index (χ3n) is 3.79. The molecule has 0 aromatic heterocycles. The second-order valence-corrected chi connectivity index (χ2v) is 5.95. The number of hydrogen-bond acceptors (Lipinski definition) is 6. The van der Waals surface area contributed by atoms with Crippen molar-refractivity contribution >= 4 is 12.2 Å². The van der Waals surface area contributed by atoms with E-state index >= 15 is 0 Å². The van der Waals surface area contributed by atoms with Gasteiger partial charge in [0.25, 0.3) is 0 Å². The molecule has 0 saturated carbocycles. The number of rotatable bonds is 9. The number of halogens is 3. The first-order valence-electron chi connectivity index (χ1n) is 8.57. The van der Waals surface area contributed by atoms with Crippen LogP contribution in [0.2, 0.25) is 0 Å². The summed E-state index contributed by atoms with van der Waals surface area (Å²) in [5.74, 6) is -0.290. The highest BCUT2D eigenvalue weighted by Crippen LogP contribution is 2.29. The third-order valence-corrected chi connectivity index (χ3v) is 3.79. The lowest BCUT2D eigenvalue weighted by molar-refractivity contribution is -0.151. The molecule has 9 heteroatoms. The molecule has 0 aliphatic heterocycles. The average Bonchev–Trinajstić information content (AvgIpc) is 2.71. The quantitative estimate of drug-likeness (QED) is 0.389. The highest BCUT2D eigenvalue weighted by Gasteiger charge is 2.29. The zero-order valence-electron chi connectivity index (χ0n) is 15.6. The highest BCUT2D eigenvalue weighted by molar-refractivity contribution is 5.74. The fourth-order valence-corrected chi connectivity index (χ4v) is 2.20. The summed E-state index contributed by atoms with van der Waals surface area (Å²) in [5.41, 5.74) is 0.774. The predicted octanol–water partition coefficient (Wildman–Crippen LogP) is 3.36. The topological polar surface area (TPSA) is 77.4 Å². The molecule has 0 amide bonds. The number of oxime groups is 1. The third kappa shape index (κ3) is 7.46. The molecular weight excluding hydrogens is 391 g/mol. The Morgan fingerprint density at radius 1 is 1.10 bits per heavy atom. The standard InChI is InChI=1S/C20H20F3NO5/c1-27-19(26)18(25)13-28-17-8-4-14(5-9-17)10-11-24-29-12-15-2-6-16(7-3-15)20(21,22)23/h2-9,11,18,25H,10,12-13H2,1H3. The van der Waals surface area contributed by atoms with Crippen LogP contribution in [0.3, 0.4) is 0 Å². The number of carbonyl (C=O) groups is 1. The van der Waals surface area contributed by atoms with Crippen LogP contribution in [-0.4, -0.2) is 37.1 Å². The molecule has 29 heavy (non-hydrogen) atoms. The van der Waals surface area contributed by atoms with Gasteiger partial charge in [-0.1, -0.05) is 29.4 Å². The zero-order chi connectivity index (χ0) is 21.3. The Labute approximate surface area is 165 Å². The lowest BCUT2D eigenvalue weighted by Crippen LogP contribution is -2.28. The molecule has 0 aliphatic carbocycles. The molecule has 1 N–H and O–H groups in total. The van der Waals surface area contributed by atoms with Crippen LogP contribution in [0.15, 0.2) is 53.7 Å². The summed E-state index contributed by atoms with van der Waals surface area (Å²) in [6.45, 7) is -0.158. The minimum atomic E-state index is -4.36. The molecule has 0 bridgehead atoms. The molecular formula is C20H20F3NO5. The largest absolute Gasteiger partial charge is 0.490 e. The minimum Gasteiger partial charge on any atom is -0.490 e. The SMILES string of the molecule is COC(=O)C(O)COc1ccc(CC=NOCc2ccc(C(F)(F)F)cc2)cc1. The van der Waals surface area contributed by atoms with E-state index in [2.05, 4.69) is 9.89 Å². The molecule has 2 aromatic rings. The molecule has 2 aromatic carbocycles. The molecule has 0 aliphatic rings. The van der Waals surface area contributed by atoms with Crippen molar-refractivity contribution in [2.45, 2.75) is 25.3 Å². The van der Waals surface area contributed by atoms with Gasteiger partial charge in [0.1, 0.15) is 19.0 Å². The van der Waals surface area contributed by atoms with Crippen LogP contribution in [0.5, 0.6) is 5.75 Å². The molecule has 0 heterocycles. The van der Waals surface area contributed by atoms with Gasteiger partial charge >= 0.3 is 12.1 Å². The van der Waals surface area contributed by atoms with E-state index in [4.69, 9.17) is 9.57 Å². The van der Waals surface area contributed by atoms with Crippen LogP contribution in [-0.2, 0) is 33.6 Å². The summed E-state index contributed by atoms with van der Waals surface area (Å²) >= 11 is 0. The van der Waals surface area contributed by atoms with Crippen molar-refractivity contribution in [3.63, 3.8) is 0 Å². The molecule has 0 saturated heterocycles. The van der Waals surface area contributed by atoms with Gasteiger partial charge in [0.2, 0.25) is 0 Å². The number of hydrogen-bond donors (Lipinski definition) is 1. The molecule has 0 fully saturated rings. The molecule has 156 valence electrons. The lowest BCUT2D eigenvalue weighted by Gasteiger charge is -2.10. The van der Waals surface area contributed by atoms with Gasteiger partial charge in [-0.25, -0.2) is 4.79 Å². The number of alkyl halides is 3. The average molecular weight is 411 g/mol. The fourth-order valence-electron chi connectivity index (χ4n) is 2.20. The molecule has 1 unspecified atom stereocenters. The summed E-state index contributed by atoms with van der Waals surface area (Å²) in [4.78, 5) is 16.2. The Morgan fingerprint density at radius 2 is 1.72 bits per heavy atom. The van der Waals surface area contributed by atoms with Gasteiger partial charge in [-0.2, -0.15) is 13.2 Å². The fraction of sp³-hybridized carbons (Fsp3) is 0.300. The summed E-state index contributed by atoms with van der Waals surface area (Å²) in [7, 11) is 1.18. The smallest absolute Gasteiger partial charge is 0.416 e. The number of esters is 1. The maximum absolute atomic E-state index is 12.5. The van der Waals surface area contributed by atoms with Gasteiger partial charge in [0.15, 0.2) is 6.10 Å². The molecule has 0 spiro atoms. The molecule has 0 radical (unpaired) electrons. The first-order chi connectivity index (χ1) is 13.8. The molecule has 1 atom stereocenters. The van der Waals surface area contributed by atoms with E-state index in [9.17, 15) is 23.1 Å². The van der Waals surface area contributed by atoms with Crippen molar-refractivity contribution in [2.24, 2.45) is 5.16 Å². The number of nitrogens with zero attached hydrogens (tertiary/aromatic N) is 1. The Bertz CT molecular complexity index is 804. The maximum Gasteiger partial charge on any atom is 0.416 e. The van der Waals surface area contributed by atoms with Gasteiger partial charge in [-0.05, 0) is 35.4 Å². The lowest BCUT2D eigenvalue weighted by atomic mass is 10.1. The molecule has 6 nitrogen and oxygen atoms in total. The van der Waals surface area contributed by atoms with E-state index < -0.39 is 23.8 Å². The summed E-state index contributed by atoms with van der Waals surface area (Å²) in [6.07, 6.45) is -3.72. The monoisotopic (exact) mass is 411 g/mol. The van der Waals surface area contributed by atoms with E-state index in [0.717, 1.165) is 17.7 Å². The summed E-state index contributed by atoms with van der Waals surface area (Å²) < 4.78 is 47.2. The summed E-state index contributed by atoms with van der Waals surface area (Å²) in [5, 5.41) is 13.2. The Morgan fingerprint density at radius 3 is 2.31 bits per heavy atom. The summed E-state index contributed by atoms with van der Waals surface area (Å²) in [6, 6.07) is 11.6. The van der Waals surface area contributed by atoms with Gasteiger partial charge in [0.05, 0.1) is 12.7 Å². The predicted molar refractivity (Wildman–Crippen MR) is 98.4 cm³/mol. The Hall–Kier alpha value is -3.07. The van der Waals surface area contributed by atoms with Crippen molar-refractivity contribution in [3.05, 3.63) is 65.2 Å². The van der Waals surface area contributed by atoms with E-state index in [0.29, 0.717) is 17.7 Å². The van der Waals surface area contributed by atoms with Crippen LogP contribution in [0.1, 0.15) is 16.7 Å². The van der Waals surface area contributed by atoms with E-state index in [1.54, 1.807) is 24.3 Å². The second kappa shape index (κ2) is 10.5. The Kier molecular flexibility index (Phi) is 8.02.